The van der Waals surface area contributed by atoms with Gasteiger partial charge in [-0.15, -0.1) is 0 Å². The number of aryl methyl sites for hydroxylation is 3. The Hall–Kier alpha value is -1.88. The molecule has 0 amide bonds. The van der Waals surface area contributed by atoms with Gasteiger partial charge in [0.15, 0.2) is 5.11 Å². The summed E-state index contributed by atoms with van der Waals surface area (Å²) >= 11 is 5.27. The van der Waals surface area contributed by atoms with E-state index in [2.05, 4.69) is 34.8 Å². The Morgan fingerprint density at radius 3 is 2.85 bits per heavy atom. The topological polar surface area (TPSA) is 41.9 Å². The summed E-state index contributed by atoms with van der Waals surface area (Å²) in [6, 6.07) is 8.15. The van der Waals surface area contributed by atoms with Gasteiger partial charge < -0.3 is 10.6 Å². The number of anilines is 1. The molecular weight excluding hydrogens is 268 g/mol. The summed E-state index contributed by atoms with van der Waals surface area (Å²) < 4.78 is 1.95. The Morgan fingerprint density at radius 2 is 2.15 bits per heavy atom. The van der Waals surface area contributed by atoms with E-state index in [1.54, 1.807) is 0 Å². The van der Waals surface area contributed by atoms with Gasteiger partial charge in [0.05, 0.1) is 6.20 Å². The van der Waals surface area contributed by atoms with Crippen molar-refractivity contribution in [1.82, 2.24) is 15.1 Å². The molecule has 1 heterocycles. The Labute approximate surface area is 125 Å². The van der Waals surface area contributed by atoms with Crippen LogP contribution >= 0.6 is 12.2 Å². The highest BCUT2D eigenvalue weighted by molar-refractivity contribution is 7.80. The van der Waals surface area contributed by atoms with Crippen molar-refractivity contribution in [3.63, 3.8) is 0 Å². The lowest BCUT2D eigenvalue weighted by Crippen LogP contribution is -2.29. The van der Waals surface area contributed by atoms with Gasteiger partial charge in [-0.1, -0.05) is 12.1 Å². The molecule has 0 atom stereocenters. The summed E-state index contributed by atoms with van der Waals surface area (Å²) in [6.07, 6.45) is 4.90. The molecule has 4 nitrogen and oxygen atoms in total. The minimum atomic E-state index is 0.659. The molecule has 2 aromatic rings. The van der Waals surface area contributed by atoms with Gasteiger partial charge in [0.25, 0.3) is 0 Å². The maximum absolute atomic E-state index is 5.27. The van der Waals surface area contributed by atoms with E-state index in [9.17, 15) is 0 Å². The van der Waals surface area contributed by atoms with Crippen LogP contribution in [0.25, 0.3) is 0 Å². The number of hydrogen-bond donors (Lipinski definition) is 2. The van der Waals surface area contributed by atoms with Crippen LogP contribution in [0.4, 0.5) is 5.69 Å². The normalized spacial score (nSPS) is 10.3. The highest BCUT2D eigenvalue weighted by Gasteiger charge is 1.98. The van der Waals surface area contributed by atoms with Crippen molar-refractivity contribution in [2.24, 2.45) is 0 Å². The fourth-order valence-corrected chi connectivity index (χ4v) is 2.15. The van der Waals surface area contributed by atoms with Gasteiger partial charge in [-0.2, -0.15) is 5.10 Å². The number of aromatic nitrogens is 2. The van der Waals surface area contributed by atoms with E-state index >= 15 is 0 Å². The molecular formula is C15H20N4S. The van der Waals surface area contributed by atoms with Gasteiger partial charge >= 0.3 is 0 Å². The summed E-state index contributed by atoms with van der Waals surface area (Å²) in [5, 5.41) is 11.3. The highest BCUT2D eigenvalue weighted by Crippen LogP contribution is 2.09. The predicted molar refractivity (Wildman–Crippen MR) is 87.0 cm³/mol. The molecule has 20 heavy (non-hydrogen) atoms. The SMILES string of the molecule is Cc1cccc(NC(=S)NCCCn2cc(C)cn2)c1. The molecule has 1 aromatic carbocycles. The Balaban J connectivity index is 1.67. The van der Waals surface area contributed by atoms with Gasteiger partial charge in [-0.05, 0) is 55.7 Å². The van der Waals surface area contributed by atoms with Crippen molar-refractivity contribution in [3.05, 3.63) is 47.8 Å². The molecule has 1 aromatic heterocycles. The lowest BCUT2D eigenvalue weighted by molar-refractivity contribution is 0.573. The highest BCUT2D eigenvalue weighted by atomic mass is 32.1. The summed E-state index contributed by atoms with van der Waals surface area (Å²) in [5.74, 6) is 0. The molecule has 0 unspecified atom stereocenters. The van der Waals surface area contributed by atoms with Gasteiger partial charge in [-0.3, -0.25) is 4.68 Å². The van der Waals surface area contributed by atoms with Crippen LogP contribution in [-0.4, -0.2) is 21.4 Å². The van der Waals surface area contributed by atoms with Crippen LogP contribution in [0.1, 0.15) is 17.5 Å². The Kier molecular flexibility index (Phi) is 5.12. The maximum Gasteiger partial charge on any atom is 0.170 e. The Bertz CT molecular complexity index is 577. The molecule has 106 valence electrons. The van der Waals surface area contributed by atoms with Gasteiger partial charge in [0.1, 0.15) is 0 Å². The van der Waals surface area contributed by atoms with Crippen LogP contribution in [0.2, 0.25) is 0 Å². The van der Waals surface area contributed by atoms with Crippen LogP contribution in [-0.2, 0) is 6.54 Å². The first-order chi connectivity index (χ1) is 9.63. The van der Waals surface area contributed by atoms with Gasteiger partial charge in [-0.25, -0.2) is 0 Å². The third kappa shape index (κ3) is 4.66. The third-order valence-electron chi connectivity index (χ3n) is 2.89. The minimum absolute atomic E-state index is 0.659. The summed E-state index contributed by atoms with van der Waals surface area (Å²) in [4.78, 5) is 0. The van der Waals surface area contributed by atoms with Crippen LogP contribution < -0.4 is 10.6 Å². The maximum atomic E-state index is 5.27. The van der Waals surface area contributed by atoms with Crippen molar-refractivity contribution < 1.29 is 0 Å². The zero-order chi connectivity index (χ0) is 14.4. The zero-order valence-electron chi connectivity index (χ0n) is 11.9. The quantitative estimate of drug-likeness (QED) is 0.656. The minimum Gasteiger partial charge on any atom is -0.362 e. The second kappa shape index (κ2) is 7.05. The van der Waals surface area contributed by atoms with Crippen LogP contribution in [0.15, 0.2) is 36.7 Å². The van der Waals surface area contributed by atoms with Crippen molar-refractivity contribution in [3.8, 4) is 0 Å². The molecule has 0 spiro atoms. The monoisotopic (exact) mass is 288 g/mol. The van der Waals surface area contributed by atoms with E-state index < -0.39 is 0 Å². The molecule has 5 heteroatoms. The van der Waals surface area contributed by atoms with E-state index in [0.29, 0.717) is 5.11 Å². The van der Waals surface area contributed by atoms with Gasteiger partial charge in [0.2, 0.25) is 0 Å². The predicted octanol–water partition coefficient (Wildman–Crippen LogP) is 2.88. The molecule has 0 aliphatic carbocycles. The van der Waals surface area contributed by atoms with E-state index in [4.69, 9.17) is 12.2 Å². The van der Waals surface area contributed by atoms with Crippen molar-refractivity contribution in [1.29, 1.82) is 0 Å². The first-order valence-corrected chi connectivity index (χ1v) is 7.15. The van der Waals surface area contributed by atoms with E-state index in [0.717, 1.165) is 25.2 Å². The molecule has 0 saturated carbocycles. The Morgan fingerprint density at radius 1 is 1.30 bits per heavy atom. The number of nitrogens with one attached hydrogen (secondary N) is 2. The average molecular weight is 288 g/mol. The molecule has 0 aliphatic heterocycles. The third-order valence-corrected chi connectivity index (χ3v) is 3.13. The first kappa shape index (κ1) is 14.5. The largest absolute Gasteiger partial charge is 0.362 e. The number of rotatable bonds is 5. The van der Waals surface area contributed by atoms with E-state index in [-0.39, 0.29) is 0 Å². The number of thiocarbonyl (C=S) groups is 1. The standard InChI is InChI=1S/C15H20N4S/c1-12-5-3-6-14(9-12)18-15(20)16-7-4-8-19-11-13(2)10-17-19/h3,5-6,9-11H,4,7-8H2,1-2H3,(H2,16,18,20). The van der Waals surface area contributed by atoms with Crippen LogP contribution in [0.5, 0.6) is 0 Å². The summed E-state index contributed by atoms with van der Waals surface area (Å²) in [6.45, 7) is 5.83. The molecule has 0 radical (unpaired) electrons. The van der Waals surface area contributed by atoms with E-state index in [1.807, 2.05) is 36.1 Å². The smallest absolute Gasteiger partial charge is 0.170 e. The van der Waals surface area contributed by atoms with Crippen molar-refractivity contribution in [2.45, 2.75) is 26.8 Å². The summed E-state index contributed by atoms with van der Waals surface area (Å²) in [7, 11) is 0. The molecule has 2 rings (SSSR count). The number of nitrogens with zero attached hydrogens (tertiary/aromatic N) is 2. The molecule has 0 saturated heterocycles. The van der Waals surface area contributed by atoms with E-state index in [1.165, 1.54) is 11.1 Å². The number of benzene rings is 1. The average Bonchev–Trinajstić information content (AvgIpc) is 2.80. The van der Waals surface area contributed by atoms with Crippen molar-refractivity contribution >= 4 is 23.0 Å². The fraction of sp³-hybridized carbons (Fsp3) is 0.333. The molecule has 0 bridgehead atoms. The molecule has 0 fully saturated rings. The zero-order valence-corrected chi connectivity index (χ0v) is 12.7. The lowest BCUT2D eigenvalue weighted by Gasteiger charge is -2.11. The number of hydrogen-bond acceptors (Lipinski definition) is 2. The summed E-state index contributed by atoms with van der Waals surface area (Å²) in [5.41, 5.74) is 3.42. The van der Waals surface area contributed by atoms with Crippen molar-refractivity contribution in [2.75, 3.05) is 11.9 Å². The lowest BCUT2D eigenvalue weighted by atomic mass is 10.2. The fourth-order valence-electron chi connectivity index (χ4n) is 1.93. The van der Waals surface area contributed by atoms with Gasteiger partial charge in [0, 0.05) is 25.0 Å². The molecule has 2 N–H and O–H groups in total. The van der Waals surface area contributed by atoms with Crippen LogP contribution in [0.3, 0.4) is 0 Å². The second-order valence-corrected chi connectivity index (χ2v) is 5.29. The first-order valence-electron chi connectivity index (χ1n) is 6.74. The second-order valence-electron chi connectivity index (χ2n) is 4.88. The molecule has 0 aliphatic rings. The van der Waals surface area contributed by atoms with Crippen LogP contribution in [0, 0.1) is 13.8 Å².